The maximum absolute atomic E-state index is 12.1. The van der Waals surface area contributed by atoms with Gasteiger partial charge < -0.3 is 9.84 Å². The number of aryl methyl sites for hydroxylation is 1. The van der Waals surface area contributed by atoms with Gasteiger partial charge in [-0.05, 0) is 31.9 Å². The summed E-state index contributed by atoms with van der Waals surface area (Å²) in [7, 11) is 0. The van der Waals surface area contributed by atoms with E-state index in [4.69, 9.17) is 4.74 Å². The van der Waals surface area contributed by atoms with Gasteiger partial charge in [0.25, 0.3) is 0 Å². The third-order valence-electron chi connectivity index (χ3n) is 3.08. The number of nitrogens with zero attached hydrogens (tertiary/aromatic N) is 1. The molecule has 5 nitrogen and oxygen atoms in total. The average Bonchev–Trinajstić information content (AvgIpc) is 3.22. The van der Waals surface area contributed by atoms with E-state index < -0.39 is 12.1 Å². The normalized spacial score (nSPS) is 13.7. The molecular weight excluding hydrogens is 258 g/mol. The van der Waals surface area contributed by atoms with Crippen LogP contribution in [0.1, 0.15) is 28.8 Å². The van der Waals surface area contributed by atoms with Crippen LogP contribution in [-0.2, 0) is 4.74 Å². The van der Waals surface area contributed by atoms with Gasteiger partial charge in [-0.15, -0.1) is 0 Å². The second-order valence-electron chi connectivity index (χ2n) is 4.79. The van der Waals surface area contributed by atoms with Crippen LogP contribution in [0.25, 0.3) is 0 Å². The molecule has 1 amide bonds. The van der Waals surface area contributed by atoms with Crippen molar-refractivity contribution in [2.75, 3.05) is 11.5 Å². The highest BCUT2D eigenvalue weighted by atomic mass is 16.6. The van der Waals surface area contributed by atoms with Crippen molar-refractivity contribution >= 4 is 17.7 Å². The zero-order valence-electron chi connectivity index (χ0n) is 11.3. The summed E-state index contributed by atoms with van der Waals surface area (Å²) >= 11 is 0. The maximum atomic E-state index is 12.1. The number of carboxylic acid groups (broad SMARTS) is 1. The summed E-state index contributed by atoms with van der Waals surface area (Å²) < 4.78 is 5.05. The molecule has 0 saturated heterocycles. The van der Waals surface area contributed by atoms with Crippen LogP contribution in [0.5, 0.6) is 0 Å². The fourth-order valence-electron chi connectivity index (χ4n) is 2.01. The molecule has 106 valence electrons. The molecule has 1 aliphatic carbocycles. The molecule has 0 aromatic heterocycles. The summed E-state index contributed by atoms with van der Waals surface area (Å²) in [5.41, 5.74) is 1.34. The minimum atomic E-state index is -1.05. The average molecular weight is 275 g/mol. The lowest BCUT2D eigenvalue weighted by molar-refractivity contribution is 0.0697. The Labute approximate surface area is 117 Å². The smallest absolute Gasteiger partial charge is 0.414 e. The SMILES string of the molecule is C=CCOC(=O)N(c1ccc(C)cc1C(=O)O)C1CC1. The molecule has 0 unspecified atom stereocenters. The molecule has 1 fully saturated rings. The van der Waals surface area contributed by atoms with Gasteiger partial charge in [0.05, 0.1) is 11.3 Å². The highest BCUT2D eigenvalue weighted by Gasteiger charge is 2.36. The lowest BCUT2D eigenvalue weighted by Gasteiger charge is -2.23. The molecule has 20 heavy (non-hydrogen) atoms. The molecule has 1 aromatic carbocycles. The van der Waals surface area contributed by atoms with E-state index in [0.717, 1.165) is 18.4 Å². The van der Waals surface area contributed by atoms with Crippen LogP contribution in [0.15, 0.2) is 30.9 Å². The number of aromatic carboxylic acids is 1. The van der Waals surface area contributed by atoms with E-state index in [-0.39, 0.29) is 18.2 Å². The monoisotopic (exact) mass is 275 g/mol. The van der Waals surface area contributed by atoms with E-state index in [1.54, 1.807) is 18.2 Å². The van der Waals surface area contributed by atoms with Crippen LogP contribution in [-0.4, -0.2) is 29.8 Å². The number of amides is 1. The first kappa shape index (κ1) is 14.1. The minimum Gasteiger partial charge on any atom is -0.478 e. The first-order chi connectivity index (χ1) is 9.54. The van der Waals surface area contributed by atoms with Crippen molar-refractivity contribution in [3.8, 4) is 0 Å². The van der Waals surface area contributed by atoms with Crippen molar-refractivity contribution < 1.29 is 19.4 Å². The van der Waals surface area contributed by atoms with Gasteiger partial charge in [0, 0.05) is 6.04 Å². The van der Waals surface area contributed by atoms with E-state index in [1.807, 2.05) is 6.92 Å². The zero-order chi connectivity index (χ0) is 14.7. The summed E-state index contributed by atoms with van der Waals surface area (Å²) in [5, 5.41) is 9.30. The van der Waals surface area contributed by atoms with Gasteiger partial charge in [0.1, 0.15) is 6.61 Å². The van der Waals surface area contributed by atoms with Crippen molar-refractivity contribution in [1.29, 1.82) is 0 Å². The maximum Gasteiger partial charge on any atom is 0.414 e. The Balaban J connectivity index is 2.36. The Morgan fingerprint density at radius 3 is 2.75 bits per heavy atom. The van der Waals surface area contributed by atoms with Gasteiger partial charge in [0.2, 0.25) is 0 Å². The van der Waals surface area contributed by atoms with E-state index >= 15 is 0 Å². The quantitative estimate of drug-likeness (QED) is 0.839. The third-order valence-corrected chi connectivity index (χ3v) is 3.08. The lowest BCUT2D eigenvalue weighted by Crippen LogP contribution is -2.35. The summed E-state index contributed by atoms with van der Waals surface area (Å²) in [5.74, 6) is -1.05. The van der Waals surface area contributed by atoms with Crippen molar-refractivity contribution in [2.45, 2.75) is 25.8 Å². The molecule has 0 aliphatic heterocycles. The topological polar surface area (TPSA) is 66.8 Å². The van der Waals surface area contributed by atoms with Crippen molar-refractivity contribution in [1.82, 2.24) is 0 Å². The highest BCUT2D eigenvalue weighted by molar-refractivity contribution is 6.00. The van der Waals surface area contributed by atoms with Gasteiger partial charge in [-0.25, -0.2) is 9.59 Å². The molecule has 1 saturated carbocycles. The predicted molar refractivity (Wildman–Crippen MR) is 75.2 cm³/mol. The Kier molecular flexibility index (Phi) is 4.08. The van der Waals surface area contributed by atoms with Crippen LogP contribution in [0.3, 0.4) is 0 Å². The van der Waals surface area contributed by atoms with Crippen LogP contribution >= 0.6 is 0 Å². The molecule has 1 aliphatic rings. The first-order valence-corrected chi connectivity index (χ1v) is 6.45. The van der Waals surface area contributed by atoms with E-state index in [2.05, 4.69) is 6.58 Å². The number of benzene rings is 1. The van der Waals surface area contributed by atoms with Gasteiger partial charge in [-0.3, -0.25) is 4.90 Å². The Morgan fingerprint density at radius 1 is 1.50 bits per heavy atom. The number of ether oxygens (including phenoxy) is 1. The van der Waals surface area contributed by atoms with E-state index in [1.165, 1.54) is 11.0 Å². The van der Waals surface area contributed by atoms with Crippen LogP contribution < -0.4 is 4.90 Å². The zero-order valence-corrected chi connectivity index (χ0v) is 11.3. The molecule has 1 aromatic rings. The number of hydrogen-bond donors (Lipinski definition) is 1. The van der Waals surface area contributed by atoms with Gasteiger partial charge >= 0.3 is 12.1 Å². The molecule has 0 spiro atoms. The predicted octanol–water partition coefficient (Wildman–Crippen LogP) is 2.98. The Hall–Kier alpha value is -2.30. The van der Waals surface area contributed by atoms with Crippen molar-refractivity contribution in [3.05, 3.63) is 42.0 Å². The fraction of sp³-hybridized carbons (Fsp3) is 0.333. The van der Waals surface area contributed by atoms with Gasteiger partial charge in [-0.1, -0.05) is 24.3 Å². The molecule has 0 radical (unpaired) electrons. The minimum absolute atomic E-state index is 0.0214. The standard InChI is InChI=1S/C15H17NO4/c1-3-8-20-15(19)16(11-5-6-11)13-7-4-10(2)9-12(13)14(17)18/h3-4,7,9,11H,1,5-6,8H2,2H3,(H,17,18). The first-order valence-electron chi connectivity index (χ1n) is 6.45. The number of hydrogen-bond acceptors (Lipinski definition) is 3. The van der Waals surface area contributed by atoms with Crippen LogP contribution in [0.2, 0.25) is 0 Å². The third kappa shape index (κ3) is 2.99. The lowest BCUT2D eigenvalue weighted by atomic mass is 10.1. The molecule has 1 N–H and O–H groups in total. The van der Waals surface area contributed by atoms with Gasteiger partial charge in [-0.2, -0.15) is 0 Å². The number of anilines is 1. The molecule has 0 heterocycles. The second-order valence-corrected chi connectivity index (χ2v) is 4.79. The van der Waals surface area contributed by atoms with Crippen LogP contribution in [0, 0.1) is 6.92 Å². The molecule has 2 rings (SSSR count). The van der Waals surface area contributed by atoms with E-state index in [0.29, 0.717) is 5.69 Å². The summed E-state index contributed by atoms with van der Waals surface area (Å²) in [6, 6.07) is 5.03. The Morgan fingerprint density at radius 2 is 2.20 bits per heavy atom. The number of rotatable bonds is 5. The van der Waals surface area contributed by atoms with Gasteiger partial charge in [0.15, 0.2) is 0 Å². The van der Waals surface area contributed by atoms with Crippen LogP contribution in [0.4, 0.5) is 10.5 Å². The summed E-state index contributed by atoms with van der Waals surface area (Å²) in [6.45, 7) is 5.41. The number of carbonyl (C=O) groups is 2. The molecular formula is C15H17NO4. The fourth-order valence-corrected chi connectivity index (χ4v) is 2.01. The molecule has 0 atom stereocenters. The molecule has 5 heteroatoms. The summed E-state index contributed by atoms with van der Waals surface area (Å²) in [6.07, 6.45) is 2.67. The van der Waals surface area contributed by atoms with Crippen molar-refractivity contribution in [3.63, 3.8) is 0 Å². The highest BCUT2D eigenvalue weighted by Crippen LogP contribution is 2.34. The van der Waals surface area contributed by atoms with Crippen molar-refractivity contribution in [2.24, 2.45) is 0 Å². The summed E-state index contributed by atoms with van der Waals surface area (Å²) in [4.78, 5) is 24.9. The Bertz CT molecular complexity index is 549. The number of carboxylic acids is 1. The largest absolute Gasteiger partial charge is 0.478 e. The second kappa shape index (κ2) is 5.77. The number of carbonyl (C=O) groups excluding carboxylic acids is 1. The molecule has 0 bridgehead atoms. The van der Waals surface area contributed by atoms with E-state index in [9.17, 15) is 14.7 Å².